The van der Waals surface area contributed by atoms with Gasteiger partial charge < -0.3 is 0 Å². The third-order valence-electron chi connectivity index (χ3n) is 3.95. The van der Waals surface area contributed by atoms with Crippen LogP contribution >= 0.6 is 0 Å². The van der Waals surface area contributed by atoms with Gasteiger partial charge in [0.1, 0.15) is 0 Å². The molecule has 0 amide bonds. The van der Waals surface area contributed by atoms with Crippen molar-refractivity contribution in [3.05, 3.63) is 60.6 Å². The predicted octanol–water partition coefficient (Wildman–Crippen LogP) is 4.25. The minimum Gasteiger partial charge on any atom is -0.264 e. The van der Waals surface area contributed by atoms with Crippen molar-refractivity contribution in [2.45, 2.75) is 19.3 Å². The van der Waals surface area contributed by atoms with E-state index < -0.39 is 0 Å². The molecule has 0 atom stereocenters. The van der Waals surface area contributed by atoms with E-state index in [4.69, 9.17) is 4.98 Å². The summed E-state index contributed by atoms with van der Waals surface area (Å²) in [4.78, 5) is 9.15. The molecular formula is C18H16N2. The van der Waals surface area contributed by atoms with E-state index in [0.29, 0.717) is 0 Å². The lowest BCUT2D eigenvalue weighted by Gasteiger charge is -2.10. The number of aromatic nitrogens is 2. The highest BCUT2D eigenvalue weighted by molar-refractivity contribution is 5.84. The molecule has 0 aliphatic heterocycles. The van der Waals surface area contributed by atoms with Crippen LogP contribution in [0.1, 0.15) is 18.5 Å². The minimum atomic E-state index is 0.832. The molecule has 2 heterocycles. The molecule has 1 fully saturated rings. The van der Waals surface area contributed by atoms with Gasteiger partial charge in [-0.05, 0) is 43.4 Å². The molecule has 2 heteroatoms. The molecule has 1 aliphatic rings. The van der Waals surface area contributed by atoms with Gasteiger partial charge in [0.2, 0.25) is 0 Å². The fourth-order valence-corrected chi connectivity index (χ4v) is 2.68. The van der Waals surface area contributed by atoms with Gasteiger partial charge in [-0.3, -0.25) is 9.97 Å². The van der Waals surface area contributed by atoms with Gasteiger partial charge in [0, 0.05) is 34.6 Å². The van der Waals surface area contributed by atoms with Crippen LogP contribution in [0.15, 0.2) is 54.9 Å². The first kappa shape index (κ1) is 11.6. The smallest absolute Gasteiger partial charge is 0.0705 e. The molecule has 2 nitrogen and oxygen atoms in total. The average molecular weight is 260 g/mol. The van der Waals surface area contributed by atoms with Gasteiger partial charge in [0.15, 0.2) is 0 Å². The third kappa shape index (κ3) is 2.18. The molecule has 1 aliphatic carbocycles. The van der Waals surface area contributed by atoms with Crippen molar-refractivity contribution in [2.75, 3.05) is 0 Å². The first-order chi connectivity index (χ1) is 9.90. The Balaban J connectivity index is 1.91. The maximum absolute atomic E-state index is 4.90. The Morgan fingerprint density at radius 2 is 1.95 bits per heavy atom. The van der Waals surface area contributed by atoms with E-state index in [1.165, 1.54) is 35.0 Å². The maximum atomic E-state index is 4.90. The van der Waals surface area contributed by atoms with Crippen LogP contribution in [0.25, 0.3) is 22.0 Å². The van der Waals surface area contributed by atoms with Crippen LogP contribution in [0.2, 0.25) is 0 Å². The molecule has 0 N–H and O–H groups in total. The van der Waals surface area contributed by atoms with Crippen molar-refractivity contribution >= 4 is 10.9 Å². The second-order valence-electron chi connectivity index (χ2n) is 5.56. The summed E-state index contributed by atoms with van der Waals surface area (Å²) >= 11 is 0. The average Bonchev–Trinajstić information content (AvgIpc) is 3.31. The van der Waals surface area contributed by atoms with E-state index in [1.54, 1.807) is 0 Å². The molecule has 0 saturated heterocycles. The summed E-state index contributed by atoms with van der Waals surface area (Å²) < 4.78 is 0. The lowest BCUT2D eigenvalue weighted by atomic mass is 10.00. The van der Waals surface area contributed by atoms with Gasteiger partial charge in [-0.15, -0.1) is 0 Å². The van der Waals surface area contributed by atoms with E-state index >= 15 is 0 Å². The van der Waals surface area contributed by atoms with Gasteiger partial charge in [-0.1, -0.05) is 24.3 Å². The zero-order valence-electron chi connectivity index (χ0n) is 11.3. The van der Waals surface area contributed by atoms with Crippen LogP contribution in [0, 0.1) is 5.92 Å². The van der Waals surface area contributed by atoms with Crippen LogP contribution < -0.4 is 0 Å². The normalized spacial score (nSPS) is 14.6. The molecule has 2 aromatic heterocycles. The molecule has 98 valence electrons. The van der Waals surface area contributed by atoms with E-state index in [-0.39, 0.29) is 0 Å². The first-order valence-corrected chi connectivity index (χ1v) is 7.19. The number of hydrogen-bond acceptors (Lipinski definition) is 2. The van der Waals surface area contributed by atoms with E-state index in [1.807, 2.05) is 18.5 Å². The van der Waals surface area contributed by atoms with Crippen molar-refractivity contribution in [3.63, 3.8) is 0 Å². The second kappa shape index (κ2) is 4.71. The summed E-state index contributed by atoms with van der Waals surface area (Å²) in [5.41, 5.74) is 4.72. The van der Waals surface area contributed by atoms with Crippen molar-refractivity contribution in [1.29, 1.82) is 0 Å². The van der Waals surface area contributed by atoms with Crippen LogP contribution in [0.4, 0.5) is 0 Å². The zero-order valence-corrected chi connectivity index (χ0v) is 11.3. The number of pyridine rings is 2. The fraction of sp³-hybridized carbons (Fsp3) is 0.222. The quantitative estimate of drug-likeness (QED) is 0.703. The summed E-state index contributed by atoms with van der Waals surface area (Å²) in [6, 6.07) is 14.7. The third-order valence-corrected chi connectivity index (χ3v) is 3.95. The summed E-state index contributed by atoms with van der Waals surface area (Å²) in [6.07, 6.45) is 7.54. The minimum absolute atomic E-state index is 0.832. The Bertz CT molecular complexity index is 746. The highest BCUT2D eigenvalue weighted by Crippen LogP contribution is 2.36. The maximum Gasteiger partial charge on any atom is 0.0705 e. The topological polar surface area (TPSA) is 25.8 Å². The number of hydrogen-bond donors (Lipinski definition) is 0. The molecule has 0 radical (unpaired) electrons. The molecule has 0 unspecified atom stereocenters. The van der Waals surface area contributed by atoms with Crippen LogP contribution in [0.3, 0.4) is 0 Å². The summed E-state index contributed by atoms with van der Waals surface area (Å²) in [6.45, 7) is 0. The molecule has 1 saturated carbocycles. The van der Waals surface area contributed by atoms with Crippen LogP contribution in [-0.2, 0) is 6.42 Å². The van der Waals surface area contributed by atoms with Crippen molar-refractivity contribution in [3.8, 4) is 11.1 Å². The summed E-state index contributed by atoms with van der Waals surface area (Å²) in [5, 5.41) is 1.20. The first-order valence-electron chi connectivity index (χ1n) is 7.19. The van der Waals surface area contributed by atoms with Gasteiger partial charge in [-0.2, -0.15) is 0 Å². The molecule has 1 aromatic carbocycles. The summed E-state index contributed by atoms with van der Waals surface area (Å²) in [7, 11) is 0. The van der Waals surface area contributed by atoms with Crippen molar-refractivity contribution in [1.82, 2.24) is 9.97 Å². The van der Waals surface area contributed by atoms with E-state index in [0.717, 1.165) is 17.9 Å². The largest absolute Gasteiger partial charge is 0.264 e. The second-order valence-corrected chi connectivity index (χ2v) is 5.56. The highest BCUT2D eigenvalue weighted by Gasteiger charge is 2.24. The monoisotopic (exact) mass is 260 g/mol. The van der Waals surface area contributed by atoms with Gasteiger partial charge >= 0.3 is 0 Å². The SMILES string of the molecule is c1cncc(-c2cc3ccccc3nc2CC2CC2)c1. The van der Waals surface area contributed by atoms with Crippen LogP contribution in [-0.4, -0.2) is 9.97 Å². The Hall–Kier alpha value is -2.22. The molecule has 0 bridgehead atoms. The molecule has 20 heavy (non-hydrogen) atoms. The number of fused-ring (bicyclic) bond motifs is 1. The predicted molar refractivity (Wildman–Crippen MR) is 81.4 cm³/mol. The Kier molecular flexibility index (Phi) is 2.73. The van der Waals surface area contributed by atoms with Crippen molar-refractivity contribution in [2.24, 2.45) is 5.92 Å². The number of nitrogens with zero attached hydrogens (tertiary/aromatic N) is 2. The Morgan fingerprint density at radius 1 is 1.05 bits per heavy atom. The standard InChI is InChI=1S/C18H16N2/c1-2-6-17-14(4-1)11-16(15-5-3-9-19-12-15)18(20-17)10-13-7-8-13/h1-6,9,11-13H,7-8,10H2. The zero-order chi connectivity index (χ0) is 13.4. The van der Waals surface area contributed by atoms with Crippen molar-refractivity contribution < 1.29 is 0 Å². The fourth-order valence-electron chi connectivity index (χ4n) is 2.68. The Morgan fingerprint density at radius 3 is 2.75 bits per heavy atom. The number of benzene rings is 1. The lowest BCUT2D eigenvalue weighted by Crippen LogP contribution is -1.97. The van der Waals surface area contributed by atoms with E-state index in [9.17, 15) is 0 Å². The van der Waals surface area contributed by atoms with Gasteiger partial charge in [0.25, 0.3) is 0 Å². The van der Waals surface area contributed by atoms with Gasteiger partial charge in [0.05, 0.1) is 5.52 Å². The molecule has 3 aromatic rings. The number of rotatable bonds is 3. The van der Waals surface area contributed by atoms with E-state index in [2.05, 4.69) is 41.4 Å². The highest BCUT2D eigenvalue weighted by atomic mass is 14.7. The van der Waals surface area contributed by atoms with Gasteiger partial charge in [-0.25, -0.2) is 0 Å². The summed E-state index contributed by atoms with van der Waals surface area (Å²) in [5.74, 6) is 0.832. The number of para-hydroxylation sites is 1. The molecular weight excluding hydrogens is 244 g/mol. The Labute approximate surface area is 118 Å². The van der Waals surface area contributed by atoms with Crippen LogP contribution in [0.5, 0.6) is 0 Å². The molecule has 0 spiro atoms. The molecule has 4 rings (SSSR count). The lowest BCUT2D eigenvalue weighted by molar-refractivity contribution is 0.811.